The molecule has 23 heavy (non-hydrogen) atoms. The van der Waals surface area contributed by atoms with Crippen molar-refractivity contribution in [1.29, 1.82) is 0 Å². The molecule has 3 rings (SSSR count). The van der Waals surface area contributed by atoms with Gasteiger partial charge in [-0.2, -0.15) is 0 Å². The van der Waals surface area contributed by atoms with Crippen LogP contribution in [0.1, 0.15) is 56.9 Å². The Labute approximate surface area is 138 Å². The number of benzene rings is 1. The monoisotopic (exact) mass is 314 g/mol. The molecule has 1 N–H and O–H groups in total. The van der Waals surface area contributed by atoms with Crippen LogP contribution in [0.2, 0.25) is 0 Å². The second-order valence-electron chi connectivity index (χ2n) is 6.87. The number of anilines is 1. The van der Waals surface area contributed by atoms with Crippen LogP contribution in [0.4, 0.5) is 5.69 Å². The van der Waals surface area contributed by atoms with Gasteiger partial charge in [-0.3, -0.25) is 9.59 Å². The summed E-state index contributed by atoms with van der Waals surface area (Å²) in [4.78, 5) is 26.3. The Bertz CT molecular complexity index is 559. The van der Waals surface area contributed by atoms with Crippen molar-refractivity contribution in [3.8, 4) is 0 Å². The lowest BCUT2D eigenvalue weighted by atomic mass is 9.96. The van der Waals surface area contributed by atoms with Gasteiger partial charge in [0.05, 0.1) is 18.2 Å². The molecule has 2 aliphatic rings. The zero-order valence-corrected chi connectivity index (χ0v) is 13.9. The topological polar surface area (TPSA) is 49.4 Å². The third-order valence-electron chi connectivity index (χ3n) is 4.98. The van der Waals surface area contributed by atoms with E-state index in [0.29, 0.717) is 11.7 Å². The van der Waals surface area contributed by atoms with Crippen LogP contribution < -0.4 is 10.2 Å². The summed E-state index contributed by atoms with van der Waals surface area (Å²) in [6, 6.07) is 7.59. The Morgan fingerprint density at radius 2 is 1.57 bits per heavy atom. The van der Waals surface area contributed by atoms with E-state index in [2.05, 4.69) is 5.32 Å². The first-order valence-electron chi connectivity index (χ1n) is 8.84. The van der Waals surface area contributed by atoms with Gasteiger partial charge in [0.25, 0.3) is 5.91 Å². The lowest BCUT2D eigenvalue weighted by Crippen LogP contribution is -2.44. The van der Waals surface area contributed by atoms with Gasteiger partial charge in [0.15, 0.2) is 0 Å². The molecule has 0 radical (unpaired) electrons. The van der Waals surface area contributed by atoms with E-state index in [1.54, 1.807) is 0 Å². The summed E-state index contributed by atoms with van der Waals surface area (Å²) >= 11 is 0. The fraction of sp³-hybridized carbons (Fsp3) is 0.579. The van der Waals surface area contributed by atoms with E-state index >= 15 is 0 Å². The number of hydrogen-bond donors (Lipinski definition) is 1. The molecule has 0 spiro atoms. The highest BCUT2D eigenvalue weighted by molar-refractivity contribution is 6.22. The van der Waals surface area contributed by atoms with Crippen LogP contribution >= 0.6 is 0 Å². The minimum atomic E-state index is -0.353. The number of carbonyl (C=O) groups excluding carboxylic acids is 2. The minimum Gasteiger partial charge on any atom is -0.303 e. The van der Waals surface area contributed by atoms with Crippen molar-refractivity contribution in [2.45, 2.75) is 70.4 Å². The number of imide groups is 1. The zero-order chi connectivity index (χ0) is 16.2. The van der Waals surface area contributed by atoms with Crippen LogP contribution in [0.5, 0.6) is 0 Å². The van der Waals surface area contributed by atoms with Crippen LogP contribution in [0.15, 0.2) is 24.3 Å². The summed E-state index contributed by atoms with van der Waals surface area (Å²) in [5, 5.41) is 3.46. The van der Waals surface area contributed by atoms with Gasteiger partial charge in [-0.15, -0.1) is 0 Å². The molecule has 1 aromatic carbocycles. The summed E-state index contributed by atoms with van der Waals surface area (Å²) in [7, 11) is 0. The van der Waals surface area contributed by atoms with E-state index in [4.69, 9.17) is 0 Å². The first-order chi connectivity index (χ1) is 11.1. The highest BCUT2D eigenvalue weighted by Crippen LogP contribution is 2.25. The van der Waals surface area contributed by atoms with Crippen molar-refractivity contribution in [1.82, 2.24) is 5.32 Å². The van der Waals surface area contributed by atoms with Gasteiger partial charge in [-0.1, -0.05) is 49.8 Å². The van der Waals surface area contributed by atoms with Crippen LogP contribution in [0.25, 0.3) is 0 Å². The molecule has 1 unspecified atom stereocenters. The number of amides is 2. The van der Waals surface area contributed by atoms with Crippen LogP contribution in [-0.2, 0) is 9.59 Å². The molecule has 124 valence electrons. The normalized spacial score (nSPS) is 23.9. The summed E-state index contributed by atoms with van der Waals surface area (Å²) in [6.07, 6.45) is 8.84. The Kier molecular flexibility index (Phi) is 5.11. The van der Waals surface area contributed by atoms with E-state index in [1.807, 2.05) is 31.2 Å². The molecule has 1 heterocycles. The van der Waals surface area contributed by atoms with Gasteiger partial charge in [-0.25, -0.2) is 4.90 Å². The second kappa shape index (κ2) is 7.26. The summed E-state index contributed by atoms with van der Waals surface area (Å²) in [6.45, 7) is 2.00. The van der Waals surface area contributed by atoms with Crippen molar-refractivity contribution < 1.29 is 9.59 Å². The fourth-order valence-electron chi connectivity index (χ4n) is 3.63. The molecule has 1 atom stereocenters. The highest BCUT2D eigenvalue weighted by atomic mass is 16.2. The number of aryl methyl sites for hydroxylation is 1. The van der Waals surface area contributed by atoms with Gasteiger partial charge in [0.1, 0.15) is 0 Å². The fourth-order valence-corrected chi connectivity index (χ4v) is 3.63. The standard InChI is InChI=1S/C19H26N2O2/c1-14-9-11-16(12-10-14)21-18(22)13-17(19(21)23)20-15-7-5-3-2-4-6-8-15/h9-12,15,17,20H,2-8,13H2,1H3. The molecule has 0 aromatic heterocycles. The van der Waals surface area contributed by atoms with Crippen LogP contribution in [0.3, 0.4) is 0 Å². The number of rotatable bonds is 3. The number of hydrogen-bond acceptors (Lipinski definition) is 3. The molecular formula is C19H26N2O2. The van der Waals surface area contributed by atoms with Gasteiger partial charge in [0.2, 0.25) is 5.91 Å². The molecule has 2 amide bonds. The lowest BCUT2D eigenvalue weighted by molar-refractivity contribution is -0.121. The SMILES string of the molecule is Cc1ccc(N2C(=O)CC(NC3CCCCCCC3)C2=O)cc1. The molecule has 1 saturated carbocycles. The van der Waals surface area contributed by atoms with Gasteiger partial charge in [0, 0.05) is 6.04 Å². The lowest BCUT2D eigenvalue weighted by Gasteiger charge is -2.24. The third kappa shape index (κ3) is 3.81. The summed E-state index contributed by atoms with van der Waals surface area (Å²) < 4.78 is 0. The first-order valence-corrected chi connectivity index (χ1v) is 8.84. The molecule has 1 aliphatic carbocycles. The van der Waals surface area contributed by atoms with Crippen molar-refractivity contribution in [3.63, 3.8) is 0 Å². The molecule has 4 nitrogen and oxygen atoms in total. The van der Waals surface area contributed by atoms with Crippen LogP contribution in [-0.4, -0.2) is 23.9 Å². The average Bonchev–Trinajstić information content (AvgIpc) is 2.77. The predicted octanol–water partition coefficient (Wildman–Crippen LogP) is 3.33. The maximum absolute atomic E-state index is 12.7. The van der Waals surface area contributed by atoms with E-state index < -0.39 is 0 Å². The third-order valence-corrected chi connectivity index (χ3v) is 4.98. The molecular weight excluding hydrogens is 288 g/mol. The van der Waals surface area contributed by atoms with E-state index in [1.165, 1.54) is 37.0 Å². The average molecular weight is 314 g/mol. The largest absolute Gasteiger partial charge is 0.303 e. The Balaban J connectivity index is 1.66. The van der Waals surface area contributed by atoms with E-state index in [-0.39, 0.29) is 24.3 Å². The van der Waals surface area contributed by atoms with Crippen LogP contribution in [0, 0.1) is 6.92 Å². The van der Waals surface area contributed by atoms with Gasteiger partial charge >= 0.3 is 0 Å². The quantitative estimate of drug-likeness (QED) is 0.871. The Hall–Kier alpha value is -1.68. The smallest absolute Gasteiger partial charge is 0.251 e. The second-order valence-corrected chi connectivity index (χ2v) is 6.87. The molecule has 1 aromatic rings. The minimum absolute atomic E-state index is 0.0952. The molecule has 1 saturated heterocycles. The first kappa shape index (κ1) is 16.2. The molecule has 0 bridgehead atoms. The van der Waals surface area contributed by atoms with Crippen molar-refractivity contribution in [2.75, 3.05) is 4.90 Å². The number of nitrogens with one attached hydrogen (secondary N) is 1. The highest BCUT2D eigenvalue weighted by Gasteiger charge is 2.40. The molecule has 1 aliphatic heterocycles. The summed E-state index contributed by atoms with van der Waals surface area (Å²) in [5.41, 5.74) is 1.81. The Morgan fingerprint density at radius 3 is 2.22 bits per heavy atom. The van der Waals surface area contributed by atoms with Crippen molar-refractivity contribution in [2.24, 2.45) is 0 Å². The molecule has 4 heteroatoms. The van der Waals surface area contributed by atoms with Gasteiger partial charge in [-0.05, 0) is 31.9 Å². The van der Waals surface area contributed by atoms with Gasteiger partial charge < -0.3 is 5.32 Å². The van der Waals surface area contributed by atoms with E-state index in [0.717, 1.165) is 18.4 Å². The Morgan fingerprint density at radius 1 is 0.957 bits per heavy atom. The maximum atomic E-state index is 12.7. The number of carbonyl (C=O) groups is 2. The van der Waals surface area contributed by atoms with Crippen molar-refractivity contribution >= 4 is 17.5 Å². The maximum Gasteiger partial charge on any atom is 0.251 e. The summed E-state index contributed by atoms with van der Waals surface area (Å²) in [5.74, 6) is -0.192. The zero-order valence-electron chi connectivity index (χ0n) is 13.9. The predicted molar refractivity (Wildman–Crippen MR) is 91.3 cm³/mol. The van der Waals surface area contributed by atoms with E-state index in [9.17, 15) is 9.59 Å². The molecule has 2 fully saturated rings. The number of nitrogens with zero attached hydrogens (tertiary/aromatic N) is 1. The van der Waals surface area contributed by atoms with Crippen molar-refractivity contribution in [3.05, 3.63) is 29.8 Å².